The molecule has 0 saturated heterocycles. The SMILES string of the molecule is CCN1c2ccc(C(=O)Nc3cccc(OC)c3)cc2-c2ccccc2S1(=O)=O. The van der Waals surface area contributed by atoms with Crippen molar-refractivity contribution in [3.63, 3.8) is 0 Å². The van der Waals surface area contributed by atoms with Crippen molar-refractivity contribution in [2.45, 2.75) is 11.8 Å². The topological polar surface area (TPSA) is 75.7 Å². The van der Waals surface area contributed by atoms with E-state index < -0.39 is 10.0 Å². The van der Waals surface area contributed by atoms with Crippen LogP contribution in [-0.4, -0.2) is 28.0 Å². The van der Waals surface area contributed by atoms with Crippen LogP contribution in [0.15, 0.2) is 71.6 Å². The largest absolute Gasteiger partial charge is 0.497 e. The maximum atomic E-state index is 13.0. The minimum Gasteiger partial charge on any atom is -0.497 e. The zero-order valence-corrected chi connectivity index (χ0v) is 16.9. The van der Waals surface area contributed by atoms with Crippen LogP contribution in [0.5, 0.6) is 5.75 Å². The molecule has 1 heterocycles. The number of nitrogens with one attached hydrogen (secondary N) is 1. The normalized spacial score (nSPS) is 13.9. The highest BCUT2D eigenvalue weighted by molar-refractivity contribution is 7.93. The maximum absolute atomic E-state index is 13.0. The van der Waals surface area contributed by atoms with E-state index in [0.717, 1.165) is 5.56 Å². The van der Waals surface area contributed by atoms with Crippen molar-refractivity contribution in [3.05, 3.63) is 72.3 Å². The fraction of sp³-hybridized carbons (Fsp3) is 0.136. The average molecular weight is 408 g/mol. The summed E-state index contributed by atoms with van der Waals surface area (Å²) < 4.78 is 32.5. The molecule has 1 aliphatic heterocycles. The molecule has 6 nitrogen and oxygen atoms in total. The summed E-state index contributed by atoms with van der Waals surface area (Å²) in [5.41, 5.74) is 2.95. The molecular formula is C22H20N2O4S. The van der Waals surface area contributed by atoms with Crippen molar-refractivity contribution < 1.29 is 17.9 Å². The number of nitrogens with zero attached hydrogens (tertiary/aromatic N) is 1. The van der Waals surface area contributed by atoms with Gasteiger partial charge in [-0.3, -0.25) is 9.10 Å². The van der Waals surface area contributed by atoms with E-state index in [-0.39, 0.29) is 10.8 Å². The van der Waals surface area contributed by atoms with E-state index in [1.165, 1.54) is 4.31 Å². The zero-order chi connectivity index (χ0) is 20.6. The highest BCUT2D eigenvalue weighted by atomic mass is 32.2. The number of rotatable bonds is 4. The van der Waals surface area contributed by atoms with Gasteiger partial charge in [0.2, 0.25) is 0 Å². The lowest BCUT2D eigenvalue weighted by Crippen LogP contribution is -2.34. The lowest BCUT2D eigenvalue weighted by Gasteiger charge is -2.31. The van der Waals surface area contributed by atoms with Gasteiger partial charge in [0, 0.05) is 35.0 Å². The molecule has 4 rings (SSSR count). The Morgan fingerprint density at radius 3 is 2.55 bits per heavy atom. The van der Waals surface area contributed by atoms with Gasteiger partial charge in [-0.05, 0) is 43.3 Å². The van der Waals surface area contributed by atoms with Crippen LogP contribution in [0.4, 0.5) is 11.4 Å². The molecule has 0 unspecified atom stereocenters. The molecule has 1 amide bonds. The van der Waals surface area contributed by atoms with Crippen LogP contribution in [0, 0.1) is 0 Å². The number of hydrogen-bond donors (Lipinski definition) is 1. The number of benzene rings is 3. The smallest absolute Gasteiger partial charge is 0.264 e. The van der Waals surface area contributed by atoms with Gasteiger partial charge in [-0.2, -0.15) is 0 Å². The minimum absolute atomic E-state index is 0.250. The summed E-state index contributed by atoms with van der Waals surface area (Å²) in [6.07, 6.45) is 0. The van der Waals surface area contributed by atoms with Crippen LogP contribution in [0.1, 0.15) is 17.3 Å². The fourth-order valence-corrected chi connectivity index (χ4v) is 5.22. The second kappa shape index (κ2) is 7.25. The predicted octanol–water partition coefficient (Wildman–Crippen LogP) is 4.14. The lowest BCUT2D eigenvalue weighted by atomic mass is 10.00. The molecule has 3 aromatic rings. The van der Waals surface area contributed by atoms with Crippen molar-refractivity contribution in [1.29, 1.82) is 0 Å². The third-order valence-corrected chi connectivity index (χ3v) is 6.83. The summed E-state index contributed by atoms with van der Waals surface area (Å²) in [6.45, 7) is 2.09. The number of methoxy groups -OCH3 is 1. The Balaban J connectivity index is 1.76. The van der Waals surface area contributed by atoms with Gasteiger partial charge in [-0.25, -0.2) is 8.42 Å². The van der Waals surface area contributed by atoms with Gasteiger partial charge in [-0.15, -0.1) is 0 Å². The molecule has 0 fully saturated rings. The molecule has 0 atom stereocenters. The Kier molecular flexibility index (Phi) is 4.76. The first-order valence-electron chi connectivity index (χ1n) is 9.17. The molecule has 7 heteroatoms. The van der Waals surface area contributed by atoms with Gasteiger partial charge in [0.15, 0.2) is 0 Å². The monoisotopic (exact) mass is 408 g/mol. The van der Waals surface area contributed by atoms with E-state index in [9.17, 15) is 13.2 Å². The number of anilines is 2. The average Bonchev–Trinajstić information content (AvgIpc) is 2.74. The number of ether oxygens (including phenoxy) is 1. The van der Waals surface area contributed by atoms with Gasteiger partial charge in [0.1, 0.15) is 5.75 Å². The number of hydrogen-bond acceptors (Lipinski definition) is 4. The van der Waals surface area contributed by atoms with E-state index in [4.69, 9.17) is 4.74 Å². The maximum Gasteiger partial charge on any atom is 0.264 e. The standard InChI is InChI=1S/C22H20N2O4S/c1-3-24-20-12-11-15(22(25)23-16-7-6-8-17(14-16)28-2)13-19(20)18-9-4-5-10-21(18)29(24,26)27/h4-14H,3H2,1-2H3,(H,23,25). The van der Waals surface area contributed by atoms with Crippen molar-refractivity contribution in [2.24, 2.45) is 0 Å². The molecule has 1 N–H and O–H groups in total. The molecule has 0 radical (unpaired) electrons. The van der Waals surface area contributed by atoms with Crippen LogP contribution < -0.4 is 14.4 Å². The van der Waals surface area contributed by atoms with Gasteiger partial charge in [0.25, 0.3) is 15.9 Å². The van der Waals surface area contributed by atoms with E-state index in [1.54, 1.807) is 80.8 Å². The Hall–Kier alpha value is -3.32. The van der Waals surface area contributed by atoms with Crippen molar-refractivity contribution >= 4 is 27.3 Å². The van der Waals surface area contributed by atoms with Gasteiger partial charge < -0.3 is 10.1 Å². The number of carbonyl (C=O) groups is 1. The first kappa shape index (κ1) is 19.0. The summed E-state index contributed by atoms with van der Waals surface area (Å²) in [7, 11) is -2.05. The molecular weight excluding hydrogens is 388 g/mol. The summed E-state index contributed by atoms with van der Waals surface area (Å²) in [4.78, 5) is 13.1. The zero-order valence-electron chi connectivity index (χ0n) is 16.0. The van der Waals surface area contributed by atoms with E-state index >= 15 is 0 Å². The third kappa shape index (κ3) is 3.23. The van der Waals surface area contributed by atoms with Crippen molar-refractivity contribution in [3.8, 4) is 16.9 Å². The molecule has 1 aliphatic rings. The van der Waals surface area contributed by atoms with E-state index in [1.807, 2.05) is 0 Å². The van der Waals surface area contributed by atoms with E-state index in [0.29, 0.717) is 34.8 Å². The lowest BCUT2D eigenvalue weighted by molar-refractivity contribution is 0.102. The number of fused-ring (bicyclic) bond motifs is 3. The Morgan fingerprint density at radius 2 is 1.79 bits per heavy atom. The third-order valence-electron chi connectivity index (χ3n) is 4.89. The molecule has 0 spiro atoms. The molecule has 0 bridgehead atoms. The Morgan fingerprint density at radius 1 is 1.00 bits per heavy atom. The first-order valence-corrected chi connectivity index (χ1v) is 10.6. The number of sulfonamides is 1. The first-order chi connectivity index (χ1) is 14.0. The number of amides is 1. The molecule has 0 aromatic heterocycles. The summed E-state index contributed by atoms with van der Waals surface area (Å²) >= 11 is 0. The quantitative estimate of drug-likeness (QED) is 0.704. The van der Waals surface area contributed by atoms with Gasteiger partial charge >= 0.3 is 0 Å². The summed E-state index contributed by atoms with van der Waals surface area (Å²) in [5.74, 6) is 0.362. The minimum atomic E-state index is -3.62. The Bertz CT molecular complexity index is 1200. The molecule has 3 aromatic carbocycles. The van der Waals surface area contributed by atoms with Crippen molar-refractivity contribution in [1.82, 2.24) is 0 Å². The highest BCUT2D eigenvalue weighted by Crippen LogP contribution is 2.43. The van der Waals surface area contributed by atoms with Crippen LogP contribution in [0.3, 0.4) is 0 Å². The van der Waals surface area contributed by atoms with Crippen LogP contribution in [0.2, 0.25) is 0 Å². The second-order valence-electron chi connectivity index (χ2n) is 6.58. The number of carbonyl (C=O) groups excluding carboxylic acids is 1. The fourth-order valence-electron chi connectivity index (χ4n) is 3.52. The molecule has 148 valence electrons. The van der Waals surface area contributed by atoms with E-state index in [2.05, 4.69) is 5.32 Å². The summed E-state index contributed by atoms with van der Waals surface area (Å²) in [6, 6.07) is 19.0. The second-order valence-corrected chi connectivity index (χ2v) is 8.41. The van der Waals surface area contributed by atoms with Crippen LogP contribution in [0.25, 0.3) is 11.1 Å². The van der Waals surface area contributed by atoms with Gasteiger partial charge in [0.05, 0.1) is 17.7 Å². The molecule has 0 aliphatic carbocycles. The molecule has 29 heavy (non-hydrogen) atoms. The molecule has 0 saturated carbocycles. The van der Waals surface area contributed by atoms with Gasteiger partial charge in [-0.1, -0.05) is 24.3 Å². The Labute approximate surface area is 169 Å². The summed E-state index contributed by atoms with van der Waals surface area (Å²) in [5, 5.41) is 2.85. The predicted molar refractivity (Wildman–Crippen MR) is 113 cm³/mol. The highest BCUT2D eigenvalue weighted by Gasteiger charge is 2.34. The van der Waals surface area contributed by atoms with Crippen LogP contribution >= 0.6 is 0 Å². The van der Waals surface area contributed by atoms with Crippen molar-refractivity contribution in [2.75, 3.05) is 23.3 Å². The van der Waals surface area contributed by atoms with Crippen LogP contribution in [-0.2, 0) is 10.0 Å².